The highest BCUT2D eigenvalue weighted by Gasteiger charge is 2.43. The van der Waals surface area contributed by atoms with E-state index in [4.69, 9.17) is 4.99 Å². The molecule has 1 aromatic heterocycles. The van der Waals surface area contributed by atoms with E-state index in [1.165, 1.54) is 48.4 Å². The first kappa shape index (κ1) is 16.7. The van der Waals surface area contributed by atoms with Gasteiger partial charge >= 0.3 is 0 Å². The van der Waals surface area contributed by atoms with Crippen LogP contribution in [-0.4, -0.2) is 30.1 Å². The van der Waals surface area contributed by atoms with Crippen molar-refractivity contribution in [2.45, 2.75) is 64.8 Å². The van der Waals surface area contributed by atoms with Crippen LogP contribution in [0.1, 0.15) is 55.3 Å². The van der Waals surface area contributed by atoms with Gasteiger partial charge in [-0.05, 0) is 32.1 Å². The molecule has 4 nitrogen and oxygen atoms in total. The van der Waals surface area contributed by atoms with Crippen LogP contribution in [0.15, 0.2) is 11.2 Å². The Kier molecular flexibility index (Phi) is 5.92. The highest BCUT2D eigenvalue weighted by atomic mass is 32.1. The van der Waals surface area contributed by atoms with Crippen LogP contribution in [-0.2, 0) is 6.42 Å². The molecule has 2 saturated carbocycles. The largest absolute Gasteiger partial charge is 0.357 e. The quantitative estimate of drug-likeness (QED) is 0.618. The second kappa shape index (κ2) is 8.13. The first-order valence-electron chi connectivity index (χ1n) is 9.22. The molecule has 23 heavy (non-hydrogen) atoms. The molecule has 128 valence electrons. The summed E-state index contributed by atoms with van der Waals surface area (Å²) in [6.45, 7) is 5.97. The number of nitrogens with one attached hydrogen (secondary N) is 2. The van der Waals surface area contributed by atoms with Crippen molar-refractivity contribution >= 4 is 17.3 Å². The number of aryl methyl sites for hydroxylation is 1. The standard InChI is InChI=1S/C18H30N4S/c1-3-19-18(20-10-9-17-21-12-13(2)23-17)22-16-11-15(16)14-7-5-4-6-8-14/h12,14-16H,3-11H2,1-2H3,(H2,19,20,22). The summed E-state index contributed by atoms with van der Waals surface area (Å²) in [5.74, 6) is 2.84. The van der Waals surface area contributed by atoms with Gasteiger partial charge < -0.3 is 10.6 Å². The smallest absolute Gasteiger partial charge is 0.191 e. The van der Waals surface area contributed by atoms with Crippen molar-refractivity contribution in [1.29, 1.82) is 0 Å². The maximum Gasteiger partial charge on any atom is 0.191 e. The molecular formula is C18H30N4S. The predicted octanol–water partition coefficient (Wildman–Crippen LogP) is 3.52. The van der Waals surface area contributed by atoms with E-state index in [0.29, 0.717) is 6.04 Å². The summed E-state index contributed by atoms with van der Waals surface area (Å²) in [4.78, 5) is 10.4. The van der Waals surface area contributed by atoms with Crippen molar-refractivity contribution in [1.82, 2.24) is 15.6 Å². The number of hydrogen-bond donors (Lipinski definition) is 2. The molecule has 0 saturated heterocycles. The Morgan fingerprint density at radius 2 is 2.17 bits per heavy atom. The third kappa shape index (κ3) is 4.93. The second-order valence-electron chi connectivity index (χ2n) is 6.92. The van der Waals surface area contributed by atoms with E-state index in [1.807, 2.05) is 6.20 Å². The normalized spacial score (nSPS) is 25.4. The fourth-order valence-electron chi connectivity index (χ4n) is 3.74. The van der Waals surface area contributed by atoms with Gasteiger partial charge in [-0.3, -0.25) is 4.99 Å². The number of aromatic nitrogens is 1. The summed E-state index contributed by atoms with van der Waals surface area (Å²) in [7, 11) is 0. The number of aliphatic imine (C=N–C) groups is 1. The molecule has 2 atom stereocenters. The highest BCUT2D eigenvalue weighted by Crippen LogP contribution is 2.44. The molecular weight excluding hydrogens is 304 g/mol. The highest BCUT2D eigenvalue weighted by molar-refractivity contribution is 7.11. The van der Waals surface area contributed by atoms with Gasteiger partial charge in [0.2, 0.25) is 0 Å². The summed E-state index contributed by atoms with van der Waals surface area (Å²) >= 11 is 1.78. The maximum absolute atomic E-state index is 4.74. The van der Waals surface area contributed by atoms with E-state index in [-0.39, 0.29) is 0 Å². The minimum absolute atomic E-state index is 0.651. The van der Waals surface area contributed by atoms with Crippen molar-refractivity contribution in [3.8, 4) is 0 Å². The number of thiazole rings is 1. The van der Waals surface area contributed by atoms with E-state index < -0.39 is 0 Å². The molecule has 2 N–H and O–H groups in total. The Morgan fingerprint density at radius 1 is 1.35 bits per heavy atom. The zero-order valence-electron chi connectivity index (χ0n) is 14.5. The van der Waals surface area contributed by atoms with Gasteiger partial charge in [0.1, 0.15) is 0 Å². The van der Waals surface area contributed by atoms with Gasteiger partial charge in [-0.15, -0.1) is 11.3 Å². The van der Waals surface area contributed by atoms with Gasteiger partial charge in [-0.2, -0.15) is 0 Å². The van der Waals surface area contributed by atoms with E-state index in [9.17, 15) is 0 Å². The molecule has 2 fully saturated rings. The van der Waals surface area contributed by atoms with Crippen LogP contribution >= 0.6 is 11.3 Å². The molecule has 2 aliphatic rings. The molecule has 0 amide bonds. The molecule has 0 aromatic carbocycles. The Hall–Kier alpha value is -1.10. The average molecular weight is 335 g/mol. The van der Waals surface area contributed by atoms with Gasteiger partial charge in [-0.25, -0.2) is 4.98 Å². The second-order valence-corrected chi connectivity index (χ2v) is 8.24. The summed E-state index contributed by atoms with van der Waals surface area (Å²) in [5, 5.41) is 8.23. The van der Waals surface area contributed by atoms with Crippen molar-refractivity contribution in [3.05, 3.63) is 16.1 Å². The number of rotatable bonds is 6. The van der Waals surface area contributed by atoms with Crippen molar-refractivity contribution in [3.63, 3.8) is 0 Å². The van der Waals surface area contributed by atoms with Gasteiger partial charge in [0.15, 0.2) is 5.96 Å². The van der Waals surface area contributed by atoms with Gasteiger partial charge in [-0.1, -0.05) is 32.1 Å². The van der Waals surface area contributed by atoms with Crippen molar-refractivity contribution in [2.75, 3.05) is 13.1 Å². The molecule has 5 heteroatoms. The Balaban J connectivity index is 1.45. The Labute approximate surface area is 144 Å². The van der Waals surface area contributed by atoms with Crippen LogP contribution in [0.4, 0.5) is 0 Å². The molecule has 3 rings (SSSR count). The molecule has 0 aliphatic heterocycles. The zero-order chi connectivity index (χ0) is 16.1. The van der Waals surface area contributed by atoms with Crippen LogP contribution in [0.3, 0.4) is 0 Å². The lowest BCUT2D eigenvalue weighted by molar-refractivity contribution is 0.315. The summed E-state index contributed by atoms with van der Waals surface area (Å²) in [6.07, 6.45) is 11.4. The molecule has 1 heterocycles. The van der Waals surface area contributed by atoms with E-state index in [1.54, 1.807) is 11.3 Å². The molecule has 0 spiro atoms. The van der Waals surface area contributed by atoms with Crippen molar-refractivity contribution in [2.24, 2.45) is 16.8 Å². The van der Waals surface area contributed by atoms with Gasteiger partial charge in [0.25, 0.3) is 0 Å². The number of guanidine groups is 1. The lowest BCUT2D eigenvalue weighted by Gasteiger charge is -2.22. The molecule has 2 unspecified atom stereocenters. The molecule has 1 aromatic rings. The van der Waals surface area contributed by atoms with E-state index in [2.05, 4.69) is 29.5 Å². The number of nitrogens with zero attached hydrogens (tertiary/aromatic N) is 2. The van der Waals surface area contributed by atoms with Gasteiger partial charge in [0.05, 0.1) is 5.01 Å². The average Bonchev–Trinajstić information content (AvgIpc) is 3.21. The van der Waals surface area contributed by atoms with Gasteiger partial charge in [0, 0.05) is 36.6 Å². The topological polar surface area (TPSA) is 49.3 Å². The summed E-state index contributed by atoms with van der Waals surface area (Å²) in [6, 6.07) is 0.651. The zero-order valence-corrected chi connectivity index (χ0v) is 15.3. The first-order valence-corrected chi connectivity index (χ1v) is 10.0. The van der Waals surface area contributed by atoms with E-state index in [0.717, 1.165) is 37.3 Å². The summed E-state index contributed by atoms with van der Waals surface area (Å²) < 4.78 is 0. The third-order valence-electron chi connectivity index (χ3n) is 5.03. The predicted molar refractivity (Wildman–Crippen MR) is 98.1 cm³/mol. The van der Waals surface area contributed by atoms with Crippen LogP contribution in [0.2, 0.25) is 0 Å². The van der Waals surface area contributed by atoms with Crippen LogP contribution in [0.5, 0.6) is 0 Å². The van der Waals surface area contributed by atoms with E-state index >= 15 is 0 Å². The minimum Gasteiger partial charge on any atom is -0.357 e. The van der Waals surface area contributed by atoms with Crippen molar-refractivity contribution < 1.29 is 0 Å². The SMILES string of the molecule is CCNC(=NCCc1ncc(C)s1)NC1CC1C1CCCCC1. The maximum atomic E-state index is 4.74. The fourth-order valence-corrected chi connectivity index (χ4v) is 4.52. The Morgan fingerprint density at radius 3 is 2.87 bits per heavy atom. The molecule has 0 radical (unpaired) electrons. The fraction of sp³-hybridized carbons (Fsp3) is 0.778. The Bertz CT molecular complexity index is 519. The lowest BCUT2D eigenvalue weighted by Crippen LogP contribution is -2.39. The lowest BCUT2D eigenvalue weighted by atomic mass is 9.85. The number of hydrogen-bond acceptors (Lipinski definition) is 3. The van der Waals surface area contributed by atoms with Crippen LogP contribution in [0, 0.1) is 18.8 Å². The molecule has 2 aliphatic carbocycles. The molecule has 0 bridgehead atoms. The minimum atomic E-state index is 0.651. The van der Waals surface area contributed by atoms with Crippen LogP contribution < -0.4 is 10.6 Å². The summed E-state index contributed by atoms with van der Waals surface area (Å²) in [5.41, 5.74) is 0. The monoisotopic (exact) mass is 334 g/mol. The first-order chi connectivity index (χ1) is 11.3. The van der Waals surface area contributed by atoms with Crippen LogP contribution in [0.25, 0.3) is 0 Å². The third-order valence-corrected chi connectivity index (χ3v) is 6.00.